The van der Waals surface area contributed by atoms with E-state index in [4.69, 9.17) is 8.85 Å². The fraction of sp³-hybridized carbons (Fsp3) is 0.812. The molecule has 1 atom stereocenters. The second-order valence-electron chi connectivity index (χ2n) is 9.53. The SMILES string of the molecule is C=C(C)C(=O)OC(CC)[Si](O[Si](C)(C)C)([Si](C)(C)C)[Si](C)(C)C. The van der Waals surface area contributed by atoms with E-state index >= 15 is 0 Å². The minimum atomic E-state index is -2.22. The van der Waals surface area contributed by atoms with E-state index in [1.165, 1.54) is 0 Å². The first kappa shape index (κ1) is 23.0. The van der Waals surface area contributed by atoms with Gasteiger partial charge in [0.15, 0.2) is 15.7 Å². The first-order valence-electron chi connectivity index (χ1n) is 8.56. The molecule has 3 nitrogen and oxygen atoms in total. The van der Waals surface area contributed by atoms with Crippen molar-refractivity contribution in [2.24, 2.45) is 0 Å². The van der Waals surface area contributed by atoms with Crippen molar-refractivity contribution in [3.05, 3.63) is 12.2 Å². The van der Waals surface area contributed by atoms with Gasteiger partial charge in [-0.15, -0.1) is 0 Å². The highest BCUT2D eigenvalue weighted by Gasteiger charge is 2.63. The van der Waals surface area contributed by atoms with Crippen LogP contribution in [0.4, 0.5) is 0 Å². The van der Waals surface area contributed by atoms with Crippen LogP contribution in [0.2, 0.25) is 58.9 Å². The van der Waals surface area contributed by atoms with Crippen molar-refractivity contribution in [2.45, 2.75) is 84.9 Å². The Kier molecular flexibility index (Phi) is 7.52. The van der Waals surface area contributed by atoms with Crippen molar-refractivity contribution in [1.29, 1.82) is 0 Å². The van der Waals surface area contributed by atoms with Crippen molar-refractivity contribution in [3.63, 3.8) is 0 Å². The lowest BCUT2D eigenvalue weighted by molar-refractivity contribution is -0.141. The van der Waals surface area contributed by atoms with Crippen LogP contribution in [-0.2, 0) is 13.6 Å². The summed E-state index contributed by atoms with van der Waals surface area (Å²) in [6.07, 6.45) is 0.838. The summed E-state index contributed by atoms with van der Waals surface area (Å²) >= 11 is 0. The lowest BCUT2D eigenvalue weighted by Crippen LogP contribution is -2.81. The van der Waals surface area contributed by atoms with Crippen molar-refractivity contribution in [1.82, 2.24) is 0 Å². The molecule has 0 fully saturated rings. The number of carbonyl (C=O) groups excluding carboxylic acids is 1. The average Bonchev–Trinajstić information content (AvgIpc) is 2.28. The summed E-state index contributed by atoms with van der Waals surface area (Å²) in [6, 6.07) is 0. The molecule has 0 radical (unpaired) electrons. The Morgan fingerprint density at radius 3 is 1.57 bits per heavy atom. The summed E-state index contributed by atoms with van der Waals surface area (Å²) in [6.45, 7) is 28.9. The van der Waals surface area contributed by atoms with Crippen LogP contribution in [0.25, 0.3) is 0 Å². The molecule has 0 aromatic carbocycles. The Morgan fingerprint density at radius 2 is 1.35 bits per heavy atom. The molecule has 0 aromatic rings. The highest BCUT2D eigenvalue weighted by Crippen LogP contribution is 2.38. The van der Waals surface area contributed by atoms with Gasteiger partial charge in [-0.1, -0.05) is 52.8 Å². The van der Waals surface area contributed by atoms with E-state index in [1.807, 2.05) is 0 Å². The van der Waals surface area contributed by atoms with Crippen LogP contribution in [0, 0.1) is 0 Å². The zero-order valence-corrected chi connectivity index (χ0v) is 21.2. The third kappa shape index (κ3) is 5.52. The first-order chi connectivity index (χ1) is 9.99. The van der Waals surface area contributed by atoms with Gasteiger partial charge in [0.05, 0.1) is 15.2 Å². The number of carbonyl (C=O) groups is 1. The molecule has 0 aromatic heterocycles. The van der Waals surface area contributed by atoms with E-state index in [0.29, 0.717) is 5.57 Å². The van der Waals surface area contributed by atoms with Gasteiger partial charge in [-0.2, -0.15) is 0 Å². The van der Waals surface area contributed by atoms with E-state index in [0.717, 1.165) is 6.42 Å². The number of esters is 1. The summed E-state index contributed by atoms with van der Waals surface area (Å²) in [5, 5.41) is 0. The molecule has 1 unspecified atom stereocenters. The number of hydrogen-bond donors (Lipinski definition) is 0. The monoisotopic (exact) mass is 390 g/mol. The maximum absolute atomic E-state index is 12.3. The Balaban J connectivity index is 6.27. The summed E-state index contributed by atoms with van der Waals surface area (Å²) in [7, 11) is -7.29. The topological polar surface area (TPSA) is 35.5 Å². The summed E-state index contributed by atoms with van der Waals surface area (Å²) in [5.74, 6) is -0.260. The molecule has 0 amide bonds. The van der Waals surface area contributed by atoms with Crippen molar-refractivity contribution < 1.29 is 13.6 Å². The molecule has 0 aliphatic carbocycles. The van der Waals surface area contributed by atoms with Gasteiger partial charge in [0.1, 0.15) is 5.73 Å². The normalized spacial score (nSPS) is 15.3. The molecule has 0 aliphatic heterocycles. The highest BCUT2D eigenvalue weighted by atomic mass is 29.7. The molecular formula is C16H38O3Si4. The molecule has 7 heteroatoms. The van der Waals surface area contributed by atoms with Crippen LogP contribution in [0.5, 0.6) is 0 Å². The quantitative estimate of drug-likeness (QED) is 0.330. The van der Waals surface area contributed by atoms with Crippen molar-refractivity contribution in [2.75, 3.05) is 0 Å². The van der Waals surface area contributed by atoms with Gasteiger partial charge in [0, 0.05) is 5.57 Å². The molecule has 0 N–H and O–H groups in total. The maximum atomic E-state index is 12.3. The zero-order chi connectivity index (χ0) is 18.9. The van der Waals surface area contributed by atoms with E-state index in [2.05, 4.69) is 72.4 Å². The standard InChI is InChI=1S/C16H38O3Si4/c1-13-15(18-16(17)14(2)3)23(21(7,8)9,22(10,11)12)19-20(4,5)6/h15H,2,13H2,1,3-12H3. The minimum absolute atomic E-state index is 0.0586. The molecule has 0 rings (SSSR count). The Morgan fingerprint density at radius 1 is 0.957 bits per heavy atom. The van der Waals surface area contributed by atoms with E-state index in [1.54, 1.807) is 6.92 Å². The molecule has 136 valence electrons. The molecule has 0 saturated carbocycles. The van der Waals surface area contributed by atoms with Crippen LogP contribution < -0.4 is 0 Å². The summed E-state index contributed by atoms with van der Waals surface area (Å²) < 4.78 is 13.1. The molecule has 0 aliphatic rings. The molecular weight excluding hydrogens is 353 g/mol. The molecule has 0 saturated heterocycles. The van der Waals surface area contributed by atoms with Crippen LogP contribution in [0.3, 0.4) is 0 Å². The van der Waals surface area contributed by atoms with Crippen LogP contribution >= 0.6 is 0 Å². The predicted octanol–water partition coefficient (Wildman–Crippen LogP) is 5.05. The Hall–Kier alpha value is 0.0375. The lowest BCUT2D eigenvalue weighted by Gasteiger charge is -2.55. The number of rotatable bonds is 8. The minimum Gasteiger partial charge on any atom is -0.461 e. The predicted molar refractivity (Wildman–Crippen MR) is 112 cm³/mol. The van der Waals surface area contributed by atoms with Crippen LogP contribution in [0.1, 0.15) is 20.3 Å². The summed E-state index contributed by atoms with van der Waals surface area (Å²) in [5.41, 5.74) is 0.419. The van der Waals surface area contributed by atoms with Crippen LogP contribution in [0.15, 0.2) is 12.2 Å². The molecule has 23 heavy (non-hydrogen) atoms. The third-order valence-electron chi connectivity index (χ3n) is 4.12. The van der Waals surface area contributed by atoms with Crippen molar-refractivity contribution in [3.8, 4) is 0 Å². The number of ether oxygens (including phenoxy) is 1. The highest BCUT2D eigenvalue weighted by molar-refractivity contribution is 7.67. The van der Waals surface area contributed by atoms with E-state index in [9.17, 15) is 4.79 Å². The smallest absolute Gasteiger partial charge is 0.333 e. The van der Waals surface area contributed by atoms with E-state index in [-0.39, 0.29) is 11.7 Å². The fourth-order valence-electron chi connectivity index (χ4n) is 3.63. The van der Waals surface area contributed by atoms with Gasteiger partial charge in [-0.3, -0.25) is 0 Å². The van der Waals surface area contributed by atoms with Gasteiger partial charge >= 0.3 is 5.97 Å². The third-order valence-corrected chi connectivity index (χ3v) is 44.4. The largest absolute Gasteiger partial charge is 0.461 e. The van der Waals surface area contributed by atoms with Gasteiger partial charge in [0.2, 0.25) is 0 Å². The Labute approximate surface area is 147 Å². The zero-order valence-electron chi connectivity index (χ0n) is 17.2. The molecule has 0 heterocycles. The van der Waals surface area contributed by atoms with Gasteiger partial charge in [0.25, 0.3) is 0 Å². The first-order valence-corrected chi connectivity index (χ1v) is 23.0. The lowest BCUT2D eigenvalue weighted by atomic mass is 10.4. The summed E-state index contributed by atoms with van der Waals surface area (Å²) in [4.78, 5) is 12.3. The number of hydrogen-bond acceptors (Lipinski definition) is 3. The second-order valence-corrected chi connectivity index (χ2v) is 40.6. The van der Waals surface area contributed by atoms with Gasteiger partial charge in [-0.25, -0.2) is 4.79 Å². The van der Waals surface area contributed by atoms with E-state index < -0.39 is 30.9 Å². The second kappa shape index (κ2) is 7.51. The van der Waals surface area contributed by atoms with Crippen LogP contribution in [-0.4, -0.2) is 42.5 Å². The fourth-order valence-corrected chi connectivity index (χ4v) is 60.9. The molecule has 0 bridgehead atoms. The van der Waals surface area contributed by atoms with Gasteiger partial charge in [-0.05, 0) is 33.0 Å². The average molecular weight is 391 g/mol. The maximum Gasteiger partial charge on any atom is 0.333 e. The molecule has 0 spiro atoms. The Bertz CT molecular complexity index is 428. The van der Waals surface area contributed by atoms with Crippen molar-refractivity contribution >= 4 is 36.8 Å². The van der Waals surface area contributed by atoms with Gasteiger partial charge < -0.3 is 8.85 Å².